The minimum absolute atomic E-state index is 0.248. The van der Waals surface area contributed by atoms with Gasteiger partial charge in [-0.05, 0) is 6.42 Å². The molecule has 0 atom stereocenters. The van der Waals surface area contributed by atoms with Crippen LogP contribution in [-0.2, 0) is 6.54 Å². The fraction of sp³-hybridized carbons (Fsp3) is 0.444. The number of anilines is 1. The number of hydrogen-bond donors (Lipinski definition) is 1. The molecular weight excluding hydrogens is 230 g/mol. The maximum Gasteiger partial charge on any atom is 0.320 e. The van der Waals surface area contributed by atoms with Crippen molar-refractivity contribution >= 4 is 28.6 Å². The van der Waals surface area contributed by atoms with Crippen molar-refractivity contribution in [3.8, 4) is 6.01 Å². The van der Waals surface area contributed by atoms with Crippen LogP contribution in [0.15, 0.2) is 6.33 Å². The zero-order valence-corrected chi connectivity index (χ0v) is 9.61. The molecule has 0 bridgehead atoms. The number of aromatic nitrogens is 4. The predicted octanol–water partition coefficient (Wildman–Crippen LogP) is 1.05. The molecule has 0 saturated heterocycles. The number of ether oxygens (including phenoxy) is 1. The molecule has 0 aromatic carbocycles. The number of methoxy groups -OCH3 is 1. The van der Waals surface area contributed by atoms with E-state index in [2.05, 4.69) is 15.0 Å². The minimum atomic E-state index is 0.248. The van der Waals surface area contributed by atoms with Crippen LogP contribution in [0.25, 0.3) is 11.2 Å². The molecule has 6 nitrogen and oxygen atoms in total. The third kappa shape index (κ3) is 1.88. The Kier molecular flexibility index (Phi) is 3.09. The minimum Gasteiger partial charge on any atom is -0.467 e. The lowest BCUT2D eigenvalue weighted by Gasteiger charge is -2.03. The first-order chi connectivity index (χ1) is 7.76. The molecule has 7 heteroatoms. The average Bonchev–Trinajstić information content (AvgIpc) is 2.70. The Morgan fingerprint density at radius 3 is 3.00 bits per heavy atom. The number of rotatable bonds is 4. The number of hydrogen-bond acceptors (Lipinski definition) is 5. The first-order valence-electron chi connectivity index (χ1n) is 4.84. The van der Waals surface area contributed by atoms with E-state index in [-0.39, 0.29) is 6.01 Å². The number of fused-ring (bicyclic) bond motifs is 1. The van der Waals surface area contributed by atoms with E-state index < -0.39 is 0 Å². The first kappa shape index (κ1) is 10.9. The Hall–Kier alpha value is -1.56. The Morgan fingerprint density at radius 2 is 2.31 bits per heavy atom. The largest absolute Gasteiger partial charge is 0.467 e. The number of imidazole rings is 1. The van der Waals surface area contributed by atoms with Gasteiger partial charge in [-0.2, -0.15) is 9.97 Å². The normalized spacial score (nSPS) is 10.9. The van der Waals surface area contributed by atoms with Gasteiger partial charge in [0.15, 0.2) is 11.5 Å². The van der Waals surface area contributed by atoms with E-state index in [1.165, 1.54) is 7.11 Å². The standard InChI is InChI=1S/C9H12ClN5O/c1-16-9-13-7(11)6-8(14-9)15(5-12-6)4-2-3-10/h5H,2-4H2,1H3,(H2,11,13,14). The fourth-order valence-electron chi connectivity index (χ4n) is 1.43. The predicted molar refractivity (Wildman–Crippen MR) is 61.6 cm³/mol. The van der Waals surface area contributed by atoms with Gasteiger partial charge in [0.25, 0.3) is 0 Å². The third-order valence-electron chi connectivity index (χ3n) is 2.19. The van der Waals surface area contributed by atoms with Crippen molar-refractivity contribution in [1.29, 1.82) is 0 Å². The van der Waals surface area contributed by atoms with Gasteiger partial charge in [0.2, 0.25) is 0 Å². The summed E-state index contributed by atoms with van der Waals surface area (Å²) in [4.78, 5) is 12.3. The molecule has 16 heavy (non-hydrogen) atoms. The quantitative estimate of drug-likeness (QED) is 0.810. The second-order valence-electron chi connectivity index (χ2n) is 3.25. The van der Waals surface area contributed by atoms with Gasteiger partial charge in [-0.15, -0.1) is 11.6 Å². The molecule has 0 unspecified atom stereocenters. The van der Waals surface area contributed by atoms with Gasteiger partial charge in [-0.25, -0.2) is 4.98 Å². The lowest BCUT2D eigenvalue weighted by molar-refractivity contribution is 0.382. The van der Waals surface area contributed by atoms with Crippen molar-refractivity contribution < 1.29 is 4.74 Å². The fourth-order valence-corrected chi connectivity index (χ4v) is 1.55. The van der Waals surface area contributed by atoms with E-state index in [0.29, 0.717) is 22.9 Å². The zero-order chi connectivity index (χ0) is 11.5. The molecule has 0 aliphatic heterocycles. The summed E-state index contributed by atoms with van der Waals surface area (Å²) in [6.07, 6.45) is 2.53. The number of alkyl halides is 1. The first-order valence-corrected chi connectivity index (χ1v) is 5.38. The number of nitrogen functional groups attached to an aromatic ring is 1. The van der Waals surface area contributed by atoms with Crippen LogP contribution in [0.3, 0.4) is 0 Å². The summed E-state index contributed by atoms with van der Waals surface area (Å²) in [5, 5.41) is 0. The molecule has 2 aromatic heterocycles. The molecule has 0 fully saturated rings. The Balaban J connectivity index is 2.47. The summed E-state index contributed by atoms with van der Waals surface area (Å²) >= 11 is 5.64. The molecule has 0 aliphatic carbocycles. The van der Waals surface area contributed by atoms with Crippen LogP contribution in [0, 0.1) is 0 Å². The number of nitrogens with zero attached hydrogens (tertiary/aromatic N) is 4. The van der Waals surface area contributed by atoms with Crippen molar-refractivity contribution in [3.63, 3.8) is 0 Å². The summed E-state index contributed by atoms with van der Waals surface area (Å²) in [5.74, 6) is 0.920. The maximum atomic E-state index is 5.74. The molecule has 2 rings (SSSR count). The number of aryl methyl sites for hydroxylation is 1. The molecule has 2 aromatic rings. The van der Waals surface area contributed by atoms with Gasteiger partial charge >= 0.3 is 6.01 Å². The maximum absolute atomic E-state index is 5.74. The summed E-state index contributed by atoms with van der Waals surface area (Å²) in [5.41, 5.74) is 7.01. The zero-order valence-electron chi connectivity index (χ0n) is 8.85. The van der Waals surface area contributed by atoms with Gasteiger partial charge in [-0.3, -0.25) is 0 Å². The van der Waals surface area contributed by atoms with Crippen LogP contribution in [0.4, 0.5) is 5.82 Å². The van der Waals surface area contributed by atoms with E-state index in [1.54, 1.807) is 6.33 Å². The summed E-state index contributed by atoms with van der Waals surface area (Å²) in [6, 6.07) is 0.248. The van der Waals surface area contributed by atoms with Gasteiger partial charge in [0.1, 0.15) is 5.52 Å². The van der Waals surface area contributed by atoms with Crippen molar-refractivity contribution in [1.82, 2.24) is 19.5 Å². The van der Waals surface area contributed by atoms with Gasteiger partial charge in [-0.1, -0.05) is 0 Å². The highest BCUT2D eigenvalue weighted by Crippen LogP contribution is 2.19. The highest BCUT2D eigenvalue weighted by Gasteiger charge is 2.10. The summed E-state index contributed by atoms with van der Waals surface area (Å²) in [6.45, 7) is 0.750. The molecule has 86 valence electrons. The van der Waals surface area contributed by atoms with Crippen LogP contribution in [0.2, 0.25) is 0 Å². The van der Waals surface area contributed by atoms with E-state index in [9.17, 15) is 0 Å². The van der Waals surface area contributed by atoms with Crippen LogP contribution in [0.5, 0.6) is 6.01 Å². The van der Waals surface area contributed by atoms with Crippen LogP contribution in [0.1, 0.15) is 6.42 Å². The third-order valence-corrected chi connectivity index (χ3v) is 2.45. The molecule has 0 spiro atoms. The Morgan fingerprint density at radius 1 is 1.50 bits per heavy atom. The van der Waals surface area contributed by atoms with Crippen LogP contribution >= 0.6 is 11.6 Å². The Bertz CT molecular complexity index is 498. The van der Waals surface area contributed by atoms with Crippen LogP contribution in [-0.4, -0.2) is 32.5 Å². The second kappa shape index (κ2) is 4.52. The molecule has 0 aliphatic rings. The Labute approximate surface area is 97.4 Å². The summed E-state index contributed by atoms with van der Waals surface area (Å²) < 4.78 is 6.85. The van der Waals surface area contributed by atoms with Crippen molar-refractivity contribution in [3.05, 3.63) is 6.33 Å². The van der Waals surface area contributed by atoms with Gasteiger partial charge < -0.3 is 15.0 Å². The van der Waals surface area contributed by atoms with Crippen molar-refractivity contribution in [2.45, 2.75) is 13.0 Å². The van der Waals surface area contributed by atoms with Gasteiger partial charge in [0.05, 0.1) is 13.4 Å². The lowest BCUT2D eigenvalue weighted by atomic mass is 10.4. The highest BCUT2D eigenvalue weighted by atomic mass is 35.5. The molecule has 0 radical (unpaired) electrons. The van der Waals surface area contributed by atoms with E-state index in [4.69, 9.17) is 22.1 Å². The number of halogens is 1. The van der Waals surface area contributed by atoms with Crippen molar-refractivity contribution in [2.24, 2.45) is 0 Å². The molecule has 0 amide bonds. The monoisotopic (exact) mass is 241 g/mol. The second-order valence-corrected chi connectivity index (χ2v) is 3.63. The smallest absolute Gasteiger partial charge is 0.320 e. The van der Waals surface area contributed by atoms with E-state index >= 15 is 0 Å². The highest BCUT2D eigenvalue weighted by molar-refractivity contribution is 6.17. The van der Waals surface area contributed by atoms with E-state index in [1.807, 2.05) is 4.57 Å². The SMILES string of the molecule is COc1nc(N)c2ncn(CCCCl)c2n1. The molecule has 0 saturated carbocycles. The van der Waals surface area contributed by atoms with Gasteiger partial charge in [0, 0.05) is 12.4 Å². The van der Waals surface area contributed by atoms with Crippen molar-refractivity contribution in [2.75, 3.05) is 18.7 Å². The topological polar surface area (TPSA) is 78.9 Å². The van der Waals surface area contributed by atoms with E-state index in [0.717, 1.165) is 13.0 Å². The molecular formula is C9H12ClN5O. The summed E-state index contributed by atoms with van der Waals surface area (Å²) in [7, 11) is 1.50. The number of nitrogens with two attached hydrogens (primary N) is 1. The lowest BCUT2D eigenvalue weighted by Crippen LogP contribution is -2.02. The molecule has 2 N–H and O–H groups in total. The van der Waals surface area contributed by atoms with Crippen LogP contribution < -0.4 is 10.5 Å². The average molecular weight is 242 g/mol. The molecule has 2 heterocycles.